The average Bonchev–Trinajstić information content (AvgIpc) is 3.34. The van der Waals surface area contributed by atoms with E-state index in [1.165, 1.54) is 19.4 Å². The Labute approximate surface area is 126 Å². The van der Waals surface area contributed by atoms with E-state index in [1.54, 1.807) is 24.3 Å². The molecule has 2 N–H and O–H groups in total. The fourth-order valence-corrected chi connectivity index (χ4v) is 2.33. The van der Waals surface area contributed by atoms with Gasteiger partial charge in [0, 0.05) is 18.2 Å². The molecule has 2 aromatic rings. The third-order valence-electron chi connectivity index (χ3n) is 3.57. The van der Waals surface area contributed by atoms with Gasteiger partial charge in [-0.1, -0.05) is 18.2 Å². The van der Waals surface area contributed by atoms with Gasteiger partial charge >= 0.3 is 0 Å². The molecule has 0 spiro atoms. The Hall–Kier alpha value is -2.70. The van der Waals surface area contributed by atoms with Gasteiger partial charge in [-0.2, -0.15) is 4.98 Å². The molecule has 0 radical (unpaired) electrons. The van der Waals surface area contributed by atoms with Crippen LogP contribution in [0, 0.1) is 11.7 Å². The number of halogens is 1. The number of methoxy groups -OCH3 is 1. The third kappa shape index (κ3) is 2.98. The molecule has 114 valence electrons. The van der Waals surface area contributed by atoms with E-state index in [0.29, 0.717) is 17.9 Å². The zero-order chi connectivity index (χ0) is 15.5. The lowest BCUT2D eigenvalue weighted by molar-refractivity contribution is -0.121. The maximum Gasteiger partial charge on any atom is 0.245 e. The first kappa shape index (κ1) is 14.2. The van der Waals surface area contributed by atoms with E-state index in [9.17, 15) is 9.18 Å². The number of amides is 1. The van der Waals surface area contributed by atoms with E-state index in [2.05, 4.69) is 20.8 Å². The molecule has 1 aromatic carbocycles. The molecule has 22 heavy (non-hydrogen) atoms. The Bertz CT molecular complexity index is 695. The smallest absolute Gasteiger partial charge is 0.245 e. The summed E-state index contributed by atoms with van der Waals surface area (Å²) >= 11 is 0. The van der Waals surface area contributed by atoms with Gasteiger partial charge in [0.25, 0.3) is 0 Å². The van der Waals surface area contributed by atoms with Crippen LogP contribution in [0.4, 0.5) is 10.3 Å². The second-order valence-corrected chi connectivity index (χ2v) is 5.01. The van der Waals surface area contributed by atoms with Crippen molar-refractivity contribution in [2.45, 2.75) is 12.3 Å². The molecule has 3 rings (SSSR count). The van der Waals surface area contributed by atoms with Crippen molar-refractivity contribution >= 4 is 11.9 Å². The van der Waals surface area contributed by atoms with Crippen molar-refractivity contribution in [2.75, 3.05) is 12.5 Å². The number of nitrogens with one attached hydrogen (secondary N) is 2. The van der Waals surface area contributed by atoms with Gasteiger partial charge in [0.05, 0.1) is 7.11 Å². The summed E-state index contributed by atoms with van der Waals surface area (Å²) in [5.41, 5.74) is 5.75. The van der Waals surface area contributed by atoms with Gasteiger partial charge in [0.15, 0.2) is 0 Å². The molecule has 0 saturated heterocycles. The fourth-order valence-electron chi connectivity index (χ4n) is 2.33. The molecule has 1 fully saturated rings. The lowest BCUT2D eigenvalue weighted by Crippen LogP contribution is -2.32. The number of carbonyl (C=O) groups is 1. The van der Waals surface area contributed by atoms with Gasteiger partial charge in [-0.15, -0.1) is 0 Å². The number of carbonyl (C=O) groups excluding carboxylic acids is 1. The number of hydrogen-bond donors (Lipinski definition) is 2. The summed E-state index contributed by atoms with van der Waals surface area (Å²) in [5, 5.41) is 0. The molecule has 1 heterocycles. The van der Waals surface area contributed by atoms with Crippen LogP contribution in [0.25, 0.3) is 0 Å². The standard InChI is InChI=1S/C15H15FN4O2/c1-22-13-6-7-17-15(18-13)20-19-14(21)11-8-10(11)9-4-2-3-5-12(9)16/h2-7,10-11H,8H2,1H3,(H,19,21)(H,17,18,20)/t10-,11+/m1/s1. The number of anilines is 1. The molecule has 1 amide bonds. The second-order valence-electron chi connectivity index (χ2n) is 5.01. The molecular weight excluding hydrogens is 287 g/mol. The number of hydrazine groups is 1. The molecule has 2 atom stereocenters. The SMILES string of the molecule is COc1ccnc(NNC(=O)[C@H]2C[C@@H]2c2ccccc2F)n1. The highest BCUT2D eigenvalue weighted by atomic mass is 19.1. The Morgan fingerprint density at radius 3 is 2.95 bits per heavy atom. The molecule has 0 unspecified atom stereocenters. The van der Waals surface area contributed by atoms with Crippen molar-refractivity contribution in [1.29, 1.82) is 0 Å². The first-order valence-corrected chi connectivity index (χ1v) is 6.86. The minimum Gasteiger partial charge on any atom is -0.481 e. The topological polar surface area (TPSA) is 76.1 Å². The zero-order valence-electron chi connectivity index (χ0n) is 11.9. The number of aromatic nitrogens is 2. The summed E-state index contributed by atoms with van der Waals surface area (Å²) in [4.78, 5) is 20.0. The maximum atomic E-state index is 13.7. The number of ether oxygens (including phenoxy) is 1. The zero-order valence-corrected chi connectivity index (χ0v) is 11.9. The van der Waals surface area contributed by atoms with Gasteiger partial charge in [-0.05, 0) is 24.0 Å². The van der Waals surface area contributed by atoms with Crippen molar-refractivity contribution in [1.82, 2.24) is 15.4 Å². The van der Waals surface area contributed by atoms with Crippen LogP contribution >= 0.6 is 0 Å². The molecule has 1 saturated carbocycles. The quantitative estimate of drug-likeness (QED) is 0.825. The minimum atomic E-state index is -0.271. The normalized spacial score (nSPS) is 19.4. The number of rotatable bonds is 5. The fraction of sp³-hybridized carbons (Fsp3) is 0.267. The monoisotopic (exact) mass is 302 g/mol. The van der Waals surface area contributed by atoms with Gasteiger partial charge < -0.3 is 4.74 Å². The number of hydrogen-bond acceptors (Lipinski definition) is 5. The van der Waals surface area contributed by atoms with Crippen molar-refractivity contribution in [3.05, 3.63) is 47.9 Å². The summed E-state index contributed by atoms with van der Waals surface area (Å²) in [7, 11) is 1.49. The first-order chi connectivity index (χ1) is 10.7. The van der Waals surface area contributed by atoms with Crippen molar-refractivity contribution in [2.24, 2.45) is 5.92 Å². The van der Waals surface area contributed by atoms with E-state index in [4.69, 9.17) is 4.74 Å². The average molecular weight is 302 g/mol. The first-order valence-electron chi connectivity index (χ1n) is 6.86. The van der Waals surface area contributed by atoms with Crippen LogP contribution in [0.1, 0.15) is 17.9 Å². The van der Waals surface area contributed by atoms with E-state index in [-0.39, 0.29) is 29.5 Å². The highest BCUT2D eigenvalue weighted by molar-refractivity contribution is 5.83. The summed E-state index contributed by atoms with van der Waals surface area (Å²) in [6.07, 6.45) is 2.15. The molecule has 7 heteroatoms. The van der Waals surface area contributed by atoms with Crippen molar-refractivity contribution < 1.29 is 13.9 Å². The van der Waals surface area contributed by atoms with E-state index >= 15 is 0 Å². The highest BCUT2D eigenvalue weighted by Gasteiger charge is 2.45. The van der Waals surface area contributed by atoms with Crippen LogP contribution in [0.5, 0.6) is 5.88 Å². The molecule has 0 aliphatic heterocycles. The van der Waals surface area contributed by atoms with E-state index in [1.807, 2.05) is 0 Å². The Balaban J connectivity index is 1.57. The van der Waals surface area contributed by atoms with Crippen molar-refractivity contribution in [3.63, 3.8) is 0 Å². The molecule has 1 aliphatic carbocycles. The predicted octanol–water partition coefficient (Wildman–Crippen LogP) is 1.87. The minimum absolute atomic E-state index is 0.0748. The summed E-state index contributed by atoms with van der Waals surface area (Å²) < 4.78 is 18.6. The summed E-state index contributed by atoms with van der Waals surface area (Å²) in [6.45, 7) is 0. The summed E-state index contributed by atoms with van der Waals surface area (Å²) in [5.74, 6) is -0.172. The van der Waals surface area contributed by atoms with Crippen LogP contribution in [-0.2, 0) is 4.79 Å². The maximum absolute atomic E-state index is 13.7. The van der Waals surface area contributed by atoms with Crippen LogP contribution in [-0.4, -0.2) is 23.0 Å². The predicted molar refractivity (Wildman–Crippen MR) is 77.6 cm³/mol. The molecule has 0 bridgehead atoms. The Kier molecular flexibility index (Phi) is 3.86. The molecule has 1 aliphatic rings. The van der Waals surface area contributed by atoms with Gasteiger partial charge in [0.1, 0.15) is 5.82 Å². The Morgan fingerprint density at radius 2 is 2.18 bits per heavy atom. The van der Waals surface area contributed by atoms with E-state index < -0.39 is 0 Å². The highest BCUT2D eigenvalue weighted by Crippen LogP contribution is 2.48. The molecular formula is C15H15FN4O2. The lowest BCUT2D eigenvalue weighted by Gasteiger charge is -2.07. The van der Waals surface area contributed by atoms with Gasteiger partial charge in [-0.25, -0.2) is 9.37 Å². The molecule has 6 nitrogen and oxygen atoms in total. The van der Waals surface area contributed by atoms with Crippen LogP contribution in [0.3, 0.4) is 0 Å². The van der Waals surface area contributed by atoms with Crippen molar-refractivity contribution in [3.8, 4) is 5.88 Å². The Morgan fingerprint density at radius 1 is 1.36 bits per heavy atom. The van der Waals surface area contributed by atoms with Gasteiger partial charge in [-0.3, -0.25) is 15.6 Å². The number of benzene rings is 1. The molecule has 1 aromatic heterocycles. The largest absolute Gasteiger partial charge is 0.481 e. The van der Waals surface area contributed by atoms with Crippen LogP contribution < -0.4 is 15.6 Å². The van der Waals surface area contributed by atoms with Crippen LogP contribution in [0.2, 0.25) is 0 Å². The van der Waals surface area contributed by atoms with Gasteiger partial charge in [0.2, 0.25) is 17.7 Å². The second kappa shape index (κ2) is 5.97. The third-order valence-corrected chi connectivity index (χ3v) is 3.57. The lowest BCUT2D eigenvalue weighted by atomic mass is 10.1. The van der Waals surface area contributed by atoms with E-state index in [0.717, 1.165) is 0 Å². The summed E-state index contributed by atoms with van der Waals surface area (Å²) in [6, 6.07) is 8.13. The van der Waals surface area contributed by atoms with Crippen LogP contribution in [0.15, 0.2) is 36.5 Å². The number of nitrogens with zero attached hydrogens (tertiary/aromatic N) is 2.